The van der Waals surface area contributed by atoms with Crippen molar-refractivity contribution in [2.24, 2.45) is 0 Å². The fourth-order valence-corrected chi connectivity index (χ4v) is 2.22. The summed E-state index contributed by atoms with van der Waals surface area (Å²) in [6.45, 7) is 3.98. The van der Waals surface area contributed by atoms with Crippen molar-refractivity contribution in [2.75, 3.05) is 13.1 Å². The van der Waals surface area contributed by atoms with E-state index >= 15 is 0 Å². The van der Waals surface area contributed by atoms with Gasteiger partial charge < -0.3 is 10.1 Å². The molecule has 0 saturated carbocycles. The maximum atomic E-state index is 6.02. The maximum Gasteiger partial charge on any atom is 0.146 e. The molecule has 0 spiro atoms. The van der Waals surface area contributed by atoms with Crippen LogP contribution in [0, 0.1) is 6.92 Å². The number of aryl methyl sites for hydroxylation is 1. The van der Waals surface area contributed by atoms with Crippen LogP contribution in [0.2, 0.25) is 0 Å². The zero-order valence-electron chi connectivity index (χ0n) is 9.94. The van der Waals surface area contributed by atoms with Gasteiger partial charge in [0.05, 0.1) is 0 Å². The second-order valence-corrected chi connectivity index (χ2v) is 4.51. The van der Waals surface area contributed by atoms with Crippen molar-refractivity contribution in [3.63, 3.8) is 0 Å². The number of hydrogen-bond acceptors (Lipinski definition) is 3. The number of para-hydroxylation sites is 1. The number of rotatable bonds is 2. The third kappa shape index (κ3) is 2.11. The van der Waals surface area contributed by atoms with Crippen LogP contribution in [0.15, 0.2) is 30.3 Å². The summed E-state index contributed by atoms with van der Waals surface area (Å²) >= 11 is 0. The number of ether oxygens (including phenoxy) is 1. The minimum absolute atomic E-state index is 0.280. The van der Waals surface area contributed by atoms with Gasteiger partial charge in [-0.15, -0.1) is 0 Å². The van der Waals surface area contributed by atoms with E-state index in [4.69, 9.17) is 4.74 Å². The number of pyridine rings is 1. The molecule has 1 aromatic heterocycles. The van der Waals surface area contributed by atoms with E-state index in [2.05, 4.69) is 22.4 Å². The highest BCUT2D eigenvalue weighted by atomic mass is 16.5. The van der Waals surface area contributed by atoms with E-state index in [1.807, 2.05) is 25.1 Å². The zero-order chi connectivity index (χ0) is 11.7. The third-order valence-corrected chi connectivity index (χ3v) is 3.13. The molecule has 0 radical (unpaired) electrons. The van der Waals surface area contributed by atoms with Gasteiger partial charge in [0.25, 0.3) is 0 Å². The second kappa shape index (κ2) is 4.34. The number of aromatic nitrogens is 1. The van der Waals surface area contributed by atoms with Gasteiger partial charge in [-0.2, -0.15) is 0 Å². The van der Waals surface area contributed by atoms with Crippen molar-refractivity contribution in [1.82, 2.24) is 10.3 Å². The van der Waals surface area contributed by atoms with Crippen LogP contribution in [-0.4, -0.2) is 24.2 Å². The highest BCUT2D eigenvalue weighted by Gasteiger charge is 2.17. The van der Waals surface area contributed by atoms with E-state index in [0.717, 1.165) is 41.9 Å². The lowest BCUT2D eigenvalue weighted by molar-refractivity contribution is 0.225. The maximum absolute atomic E-state index is 6.02. The smallest absolute Gasteiger partial charge is 0.146 e. The van der Waals surface area contributed by atoms with E-state index in [1.165, 1.54) is 0 Å². The molecular weight excluding hydrogens is 212 g/mol. The lowest BCUT2D eigenvalue weighted by Crippen LogP contribution is -2.19. The summed E-state index contributed by atoms with van der Waals surface area (Å²) in [5.74, 6) is 0.903. The van der Waals surface area contributed by atoms with Gasteiger partial charge in [0.15, 0.2) is 0 Å². The molecule has 88 valence electrons. The number of nitrogens with one attached hydrogen (secondary N) is 1. The Hall–Kier alpha value is -1.61. The van der Waals surface area contributed by atoms with E-state index in [9.17, 15) is 0 Å². The second-order valence-electron chi connectivity index (χ2n) is 4.51. The molecule has 0 bridgehead atoms. The Morgan fingerprint density at radius 3 is 3.06 bits per heavy atom. The van der Waals surface area contributed by atoms with Crippen molar-refractivity contribution in [2.45, 2.75) is 19.4 Å². The number of fused-ring (bicyclic) bond motifs is 1. The normalized spacial score (nSPS) is 19.7. The first-order valence-corrected chi connectivity index (χ1v) is 6.07. The molecule has 1 aliphatic rings. The lowest BCUT2D eigenvalue weighted by Gasteiger charge is -2.14. The van der Waals surface area contributed by atoms with Crippen LogP contribution in [0.3, 0.4) is 0 Å². The highest BCUT2D eigenvalue weighted by Crippen LogP contribution is 2.25. The predicted octanol–water partition coefficient (Wildman–Crippen LogP) is 2.28. The predicted molar refractivity (Wildman–Crippen MR) is 68.4 cm³/mol. The molecule has 17 heavy (non-hydrogen) atoms. The van der Waals surface area contributed by atoms with E-state index in [1.54, 1.807) is 0 Å². The number of hydrogen-bond donors (Lipinski definition) is 1. The van der Waals surface area contributed by atoms with Crippen molar-refractivity contribution >= 4 is 10.9 Å². The summed E-state index contributed by atoms with van der Waals surface area (Å²) in [4.78, 5) is 4.57. The van der Waals surface area contributed by atoms with E-state index < -0.39 is 0 Å². The van der Waals surface area contributed by atoms with Crippen LogP contribution in [0.1, 0.15) is 12.1 Å². The molecule has 3 rings (SSSR count). The molecule has 0 amide bonds. The Labute approximate surface area is 101 Å². The minimum Gasteiger partial charge on any atom is -0.487 e. The van der Waals surface area contributed by atoms with Gasteiger partial charge >= 0.3 is 0 Å². The summed E-state index contributed by atoms with van der Waals surface area (Å²) in [7, 11) is 0. The molecule has 1 aliphatic heterocycles. The summed E-state index contributed by atoms with van der Waals surface area (Å²) in [6.07, 6.45) is 1.35. The van der Waals surface area contributed by atoms with Gasteiger partial charge in [0.1, 0.15) is 17.4 Å². The van der Waals surface area contributed by atoms with Crippen molar-refractivity contribution < 1.29 is 4.74 Å². The molecule has 1 unspecified atom stereocenters. The molecule has 1 aromatic carbocycles. The van der Waals surface area contributed by atoms with Gasteiger partial charge in [-0.25, -0.2) is 4.98 Å². The Kier molecular flexibility index (Phi) is 2.69. The summed E-state index contributed by atoms with van der Waals surface area (Å²) < 4.78 is 6.02. The molecule has 3 nitrogen and oxygen atoms in total. The molecule has 3 heteroatoms. The lowest BCUT2D eigenvalue weighted by atomic mass is 10.2. The standard InChI is InChI=1S/C14H16N2O/c1-10-5-6-11-3-2-4-13(14(11)16-10)17-12-7-8-15-9-12/h2-6,12,15H,7-9H2,1H3. The largest absolute Gasteiger partial charge is 0.487 e. The topological polar surface area (TPSA) is 34.1 Å². The SMILES string of the molecule is Cc1ccc2cccc(OC3CCNC3)c2n1. The summed E-state index contributed by atoms with van der Waals surface area (Å²) in [5, 5.41) is 4.44. The fourth-order valence-electron chi connectivity index (χ4n) is 2.22. The summed E-state index contributed by atoms with van der Waals surface area (Å²) in [5.41, 5.74) is 2.00. The van der Waals surface area contributed by atoms with Crippen LogP contribution >= 0.6 is 0 Å². The first kappa shape index (κ1) is 10.5. The monoisotopic (exact) mass is 228 g/mol. The van der Waals surface area contributed by atoms with Crippen LogP contribution in [0.25, 0.3) is 10.9 Å². The number of benzene rings is 1. The van der Waals surface area contributed by atoms with Crippen LogP contribution in [0.4, 0.5) is 0 Å². The van der Waals surface area contributed by atoms with Crippen molar-refractivity contribution in [3.05, 3.63) is 36.0 Å². The minimum atomic E-state index is 0.280. The Morgan fingerprint density at radius 2 is 2.24 bits per heavy atom. The molecule has 1 fully saturated rings. The summed E-state index contributed by atoms with van der Waals surface area (Å²) in [6, 6.07) is 10.2. The molecule has 2 aromatic rings. The van der Waals surface area contributed by atoms with Crippen molar-refractivity contribution in [3.8, 4) is 5.75 Å². The van der Waals surface area contributed by atoms with Gasteiger partial charge in [-0.05, 0) is 32.0 Å². The van der Waals surface area contributed by atoms with Crippen LogP contribution in [-0.2, 0) is 0 Å². The van der Waals surface area contributed by atoms with Crippen LogP contribution in [0.5, 0.6) is 5.75 Å². The number of nitrogens with zero attached hydrogens (tertiary/aromatic N) is 1. The van der Waals surface area contributed by atoms with Crippen molar-refractivity contribution in [1.29, 1.82) is 0 Å². The van der Waals surface area contributed by atoms with Gasteiger partial charge in [0.2, 0.25) is 0 Å². The molecule has 1 N–H and O–H groups in total. The molecule has 1 atom stereocenters. The van der Waals surface area contributed by atoms with Gasteiger partial charge in [-0.3, -0.25) is 0 Å². The average molecular weight is 228 g/mol. The van der Waals surface area contributed by atoms with E-state index in [-0.39, 0.29) is 6.10 Å². The zero-order valence-corrected chi connectivity index (χ0v) is 9.94. The third-order valence-electron chi connectivity index (χ3n) is 3.13. The molecule has 1 saturated heterocycles. The molecule has 2 heterocycles. The highest BCUT2D eigenvalue weighted by molar-refractivity contribution is 5.84. The molecule has 0 aliphatic carbocycles. The van der Waals surface area contributed by atoms with Gasteiger partial charge in [-0.1, -0.05) is 18.2 Å². The van der Waals surface area contributed by atoms with Crippen LogP contribution < -0.4 is 10.1 Å². The average Bonchev–Trinajstić information content (AvgIpc) is 2.83. The first-order chi connectivity index (χ1) is 8.33. The molecular formula is C14H16N2O. The van der Waals surface area contributed by atoms with Gasteiger partial charge in [0, 0.05) is 17.6 Å². The fraction of sp³-hybridized carbons (Fsp3) is 0.357. The Balaban J connectivity index is 1.99. The quantitative estimate of drug-likeness (QED) is 0.856. The first-order valence-electron chi connectivity index (χ1n) is 6.07. The van der Waals surface area contributed by atoms with E-state index in [0.29, 0.717) is 0 Å². The Bertz CT molecular complexity index is 533. The Morgan fingerprint density at radius 1 is 1.29 bits per heavy atom.